The summed E-state index contributed by atoms with van der Waals surface area (Å²) in [5.74, 6) is -0.914. The van der Waals surface area contributed by atoms with E-state index >= 15 is 0 Å². The van der Waals surface area contributed by atoms with Crippen LogP contribution in [-0.2, 0) is 20.7 Å². The Labute approximate surface area is 163 Å². The van der Waals surface area contributed by atoms with Crippen LogP contribution in [0.25, 0.3) is 0 Å². The smallest absolute Gasteiger partial charge is 0.414 e. The molecule has 0 spiro atoms. The van der Waals surface area contributed by atoms with Crippen molar-refractivity contribution in [3.8, 4) is 0 Å². The lowest BCUT2D eigenvalue weighted by molar-refractivity contribution is -0.137. The van der Waals surface area contributed by atoms with Crippen LogP contribution in [-0.4, -0.2) is 53.2 Å². The summed E-state index contributed by atoms with van der Waals surface area (Å²) in [6.07, 6.45) is 2.45. The number of nitrogens with one attached hydrogen (secondary N) is 1. The van der Waals surface area contributed by atoms with E-state index in [1.54, 1.807) is 11.0 Å². The highest BCUT2D eigenvalue weighted by atomic mass is 16.6. The van der Waals surface area contributed by atoms with E-state index in [9.17, 15) is 14.4 Å². The second-order valence-corrected chi connectivity index (χ2v) is 7.78. The fourth-order valence-corrected chi connectivity index (χ4v) is 3.25. The molecule has 0 bridgehead atoms. The van der Waals surface area contributed by atoms with Gasteiger partial charge in [0.2, 0.25) is 0 Å². The van der Waals surface area contributed by atoms with E-state index in [0.717, 1.165) is 29.0 Å². The van der Waals surface area contributed by atoms with Crippen LogP contribution in [0.5, 0.6) is 0 Å². The molecule has 2 aliphatic heterocycles. The molecule has 0 saturated heterocycles. The first-order chi connectivity index (χ1) is 13.2. The van der Waals surface area contributed by atoms with Gasteiger partial charge in [-0.3, -0.25) is 19.4 Å². The van der Waals surface area contributed by atoms with Gasteiger partial charge in [0.25, 0.3) is 11.8 Å². The van der Waals surface area contributed by atoms with E-state index in [0.29, 0.717) is 12.2 Å². The van der Waals surface area contributed by atoms with Gasteiger partial charge in [0, 0.05) is 18.3 Å². The van der Waals surface area contributed by atoms with Crippen molar-refractivity contribution in [2.24, 2.45) is 0 Å². The third kappa shape index (κ3) is 4.17. The maximum absolute atomic E-state index is 12.5. The molecule has 150 valence electrons. The summed E-state index contributed by atoms with van der Waals surface area (Å²) in [4.78, 5) is 39.2. The SMILES string of the molecule is CC(C)(C)OC(=O)N1CCCc2cc(NC3=CC(=O)N(CCO)C3=O)ccc21. The van der Waals surface area contributed by atoms with Gasteiger partial charge < -0.3 is 15.2 Å². The summed E-state index contributed by atoms with van der Waals surface area (Å²) in [5, 5.41) is 12.0. The molecule has 1 aromatic carbocycles. The number of hydrogen-bond acceptors (Lipinski definition) is 6. The van der Waals surface area contributed by atoms with Crippen LogP contribution in [0.2, 0.25) is 0 Å². The number of hydrogen-bond donors (Lipinski definition) is 2. The van der Waals surface area contributed by atoms with Gasteiger partial charge in [-0.2, -0.15) is 0 Å². The van der Waals surface area contributed by atoms with E-state index in [1.165, 1.54) is 6.08 Å². The Kier molecular flexibility index (Phi) is 5.42. The average Bonchev–Trinajstić information content (AvgIpc) is 2.87. The number of β-amino-alcohol motifs (C(OH)–C–C–N with tert-alkyl or cyclic N) is 1. The number of carbonyl (C=O) groups excluding carboxylic acids is 3. The van der Waals surface area contributed by atoms with Crippen LogP contribution in [0.1, 0.15) is 32.8 Å². The summed E-state index contributed by atoms with van der Waals surface area (Å²) < 4.78 is 5.49. The van der Waals surface area contributed by atoms with Gasteiger partial charge in [0.1, 0.15) is 11.3 Å². The molecule has 0 atom stereocenters. The molecule has 2 N–H and O–H groups in total. The number of aliphatic hydroxyl groups is 1. The molecule has 2 aliphatic rings. The minimum absolute atomic E-state index is 0.0334. The van der Waals surface area contributed by atoms with Gasteiger partial charge in [0.05, 0.1) is 18.8 Å². The van der Waals surface area contributed by atoms with Crippen LogP contribution in [0.4, 0.5) is 16.2 Å². The maximum Gasteiger partial charge on any atom is 0.414 e. The maximum atomic E-state index is 12.5. The molecule has 28 heavy (non-hydrogen) atoms. The predicted molar refractivity (Wildman–Crippen MR) is 104 cm³/mol. The zero-order chi connectivity index (χ0) is 20.5. The molecule has 0 unspecified atom stereocenters. The molecule has 0 saturated carbocycles. The van der Waals surface area contributed by atoms with Crippen LogP contribution < -0.4 is 10.2 Å². The van der Waals surface area contributed by atoms with Crippen LogP contribution in [0.3, 0.4) is 0 Å². The lowest BCUT2D eigenvalue weighted by Gasteiger charge is -2.32. The van der Waals surface area contributed by atoms with Crippen molar-refractivity contribution in [3.63, 3.8) is 0 Å². The van der Waals surface area contributed by atoms with Crippen molar-refractivity contribution in [2.75, 3.05) is 29.9 Å². The number of aryl methyl sites for hydroxylation is 1. The Morgan fingerprint density at radius 3 is 2.71 bits per heavy atom. The first-order valence-electron chi connectivity index (χ1n) is 9.28. The van der Waals surface area contributed by atoms with E-state index in [1.807, 2.05) is 32.9 Å². The molecular weight excluding hydrogens is 362 g/mol. The normalized spacial score (nSPS) is 16.8. The second-order valence-electron chi connectivity index (χ2n) is 7.78. The minimum atomic E-state index is -0.571. The Balaban J connectivity index is 1.77. The number of aliphatic hydroxyl groups excluding tert-OH is 1. The first-order valence-corrected chi connectivity index (χ1v) is 9.28. The van der Waals surface area contributed by atoms with Gasteiger partial charge in [-0.1, -0.05) is 0 Å². The first kappa shape index (κ1) is 19.9. The molecule has 2 heterocycles. The van der Waals surface area contributed by atoms with E-state index in [2.05, 4.69) is 5.32 Å². The van der Waals surface area contributed by atoms with Crippen LogP contribution in [0, 0.1) is 0 Å². The zero-order valence-electron chi connectivity index (χ0n) is 16.3. The van der Waals surface area contributed by atoms with Gasteiger partial charge >= 0.3 is 6.09 Å². The van der Waals surface area contributed by atoms with Crippen molar-refractivity contribution < 1.29 is 24.2 Å². The van der Waals surface area contributed by atoms with Crippen LogP contribution >= 0.6 is 0 Å². The molecule has 3 rings (SSSR count). The number of ether oxygens (including phenoxy) is 1. The molecule has 0 aromatic heterocycles. The van der Waals surface area contributed by atoms with E-state index in [4.69, 9.17) is 9.84 Å². The van der Waals surface area contributed by atoms with Gasteiger partial charge in [-0.05, 0) is 57.4 Å². The number of rotatable bonds is 4. The Hall–Kier alpha value is -2.87. The Morgan fingerprint density at radius 1 is 1.29 bits per heavy atom. The molecular formula is C20H25N3O5. The number of fused-ring (bicyclic) bond motifs is 1. The standard InChI is InChI=1S/C20H25N3O5/c1-20(2,3)28-19(27)22-8-4-5-13-11-14(6-7-16(13)22)21-15-12-17(25)23(9-10-24)18(15)26/h6-7,11-12,21,24H,4-5,8-10H2,1-3H3. The second kappa shape index (κ2) is 7.63. The highest BCUT2D eigenvalue weighted by Gasteiger charge is 2.31. The Bertz CT molecular complexity index is 841. The quantitative estimate of drug-likeness (QED) is 0.767. The number of amides is 3. The number of benzene rings is 1. The summed E-state index contributed by atoms with van der Waals surface area (Å²) in [6.45, 7) is 5.76. The molecule has 0 radical (unpaired) electrons. The summed E-state index contributed by atoms with van der Waals surface area (Å²) in [5.41, 5.74) is 2.00. The fourth-order valence-electron chi connectivity index (χ4n) is 3.25. The molecule has 8 heteroatoms. The molecule has 3 amide bonds. The molecule has 1 aromatic rings. The average molecular weight is 387 g/mol. The van der Waals surface area contributed by atoms with Crippen molar-refractivity contribution in [3.05, 3.63) is 35.5 Å². The van der Waals surface area contributed by atoms with Crippen molar-refractivity contribution in [1.82, 2.24) is 4.90 Å². The number of anilines is 2. The van der Waals surface area contributed by atoms with Gasteiger partial charge in [0.15, 0.2) is 0 Å². The molecule has 8 nitrogen and oxygen atoms in total. The summed E-state index contributed by atoms with van der Waals surface area (Å²) in [7, 11) is 0. The number of nitrogens with zero attached hydrogens (tertiary/aromatic N) is 2. The summed E-state index contributed by atoms with van der Waals surface area (Å²) in [6, 6.07) is 5.45. The lowest BCUT2D eigenvalue weighted by Crippen LogP contribution is -2.39. The largest absolute Gasteiger partial charge is 0.443 e. The van der Waals surface area contributed by atoms with Crippen molar-refractivity contribution >= 4 is 29.3 Å². The predicted octanol–water partition coefficient (Wildman–Crippen LogP) is 2.03. The third-order valence-corrected chi connectivity index (χ3v) is 4.42. The highest BCUT2D eigenvalue weighted by molar-refractivity contribution is 6.17. The summed E-state index contributed by atoms with van der Waals surface area (Å²) >= 11 is 0. The van der Waals surface area contributed by atoms with Gasteiger partial charge in [-0.25, -0.2) is 4.79 Å². The Morgan fingerprint density at radius 2 is 2.04 bits per heavy atom. The van der Waals surface area contributed by atoms with Crippen LogP contribution in [0.15, 0.2) is 30.0 Å². The molecule has 0 aliphatic carbocycles. The third-order valence-electron chi connectivity index (χ3n) is 4.42. The number of carbonyl (C=O) groups is 3. The van der Waals surface area contributed by atoms with E-state index in [-0.39, 0.29) is 24.9 Å². The highest BCUT2D eigenvalue weighted by Crippen LogP contribution is 2.31. The van der Waals surface area contributed by atoms with Crippen molar-refractivity contribution in [2.45, 2.75) is 39.2 Å². The molecule has 0 fully saturated rings. The fraction of sp³-hybridized carbons (Fsp3) is 0.450. The zero-order valence-corrected chi connectivity index (χ0v) is 16.3. The van der Waals surface area contributed by atoms with Gasteiger partial charge in [-0.15, -0.1) is 0 Å². The monoisotopic (exact) mass is 387 g/mol. The minimum Gasteiger partial charge on any atom is -0.443 e. The topological polar surface area (TPSA) is 99.2 Å². The number of imide groups is 1. The lowest BCUT2D eigenvalue weighted by atomic mass is 10.0. The van der Waals surface area contributed by atoms with E-state index < -0.39 is 17.4 Å². The van der Waals surface area contributed by atoms with Crippen molar-refractivity contribution in [1.29, 1.82) is 0 Å².